The lowest BCUT2D eigenvalue weighted by Gasteiger charge is -2.37. The average molecular weight is 707 g/mol. The van der Waals surface area contributed by atoms with E-state index in [9.17, 15) is 0 Å². The Bertz CT molecular complexity index is 2770. The second kappa shape index (κ2) is 12.3. The first kappa shape index (κ1) is 32.1. The minimum absolute atomic E-state index is 0.112. The van der Waals surface area contributed by atoms with Gasteiger partial charge in [0, 0.05) is 52.4 Å². The van der Waals surface area contributed by atoms with E-state index < -0.39 is 0 Å². The summed E-state index contributed by atoms with van der Waals surface area (Å²) in [5.41, 5.74) is 21.2. The molecule has 0 spiro atoms. The monoisotopic (exact) mass is 706 g/mol. The molecule has 7 aromatic carbocycles. The minimum Gasteiger partial charge on any atom is -0.314 e. The molecule has 11 rings (SSSR count). The number of hydrogen-bond donors (Lipinski definition) is 0. The molecular weight excluding hydrogens is 665 g/mol. The lowest BCUT2D eigenvalue weighted by atomic mass is 9.81. The number of para-hydroxylation sites is 3. The summed E-state index contributed by atoms with van der Waals surface area (Å²) in [6, 6.07) is 54.4. The van der Waals surface area contributed by atoms with Gasteiger partial charge < -0.3 is 9.80 Å². The van der Waals surface area contributed by atoms with Crippen molar-refractivity contribution in [3.05, 3.63) is 208 Å². The standard InChI is InChI=1S/C53H42N2/c1-53(2)47-30-36(22-27-45(47)46-28-26-44(34-48(46)53)55-51-17-9-5-13-41(51)32-42-14-6-10-18-52(42)55)20-19-35-21-23-38-33-43(25-24-37(38)29-35)54-49-15-7-3-11-39(49)31-40-12-4-8-16-50(40)54/h3-9,11-17,19-30,33-34H,10,18,31-32H2,1-2H3/b20-19+. The van der Waals surface area contributed by atoms with Crippen LogP contribution >= 0.6 is 0 Å². The van der Waals surface area contributed by atoms with Gasteiger partial charge in [0.05, 0.1) is 0 Å². The van der Waals surface area contributed by atoms with E-state index in [0.29, 0.717) is 0 Å². The maximum atomic E-state index is 2.54. The highest BCUT2D eigenvalue weighted by atomic mass is 15.2. The molecule has 0 amide bonds. The van der Waals surface area contributed by atoms with Gasteiger partial charge >= 0.3 is 0 Å². The Morgan fingerprint density at radius 1 is 0.509 bits per heavy atom. The van der Waals surface area contributed by atoms with Crippen LogP contribution in [-0.2, 0) is 18.3 Å². The van der Waals surface area contributed by atoms with Crippen LogP contribution in [0.4, 0.5) is 28.4 Å². The Morgan fingerprint density at radius 2 is 1.05 bits per heavy atom. The van der Waals surface area contributed by atoms with E-state index in [1.165, 1.54) is 101 Å². The minimum atomic E-state index is -0.112. The van der Waals surface area contributed by atoms with Gasteiger partial charge in [-0.2, -0.15) is 0 Å². The first-order valence-electron chi connectivity index (χ1n) is 19.7. The third-order valence-corrected chi connectivity index (χ3v) is 12.5. The van der Waals surface area contributed by atoms with Gasteiger partial charge in [0.15, 0.2) is 0 Å². The van der Waals surface area contributed by atoms with Crippen LogP contribution in [0.25, 0.3) is 34.1 Å². The SMILES string of the molecule is CC1(C)c2cc(/C=C/c3ccc4cc(N5c6ccccc6Cc6ccccc65)ccc4c3)ccc2-c2ccc(N3C4=C(C=CCC4)Cc4ccccc43)cc21. The summed E-state index contributed by atoms with van der Waals surface area (Å²) in [6.45, 7) is 4.79. The second-order valence-electron chi connectivity index (χ2n) is 16.1. The van der Waals surface area contributed by atoms with E-state index in [4.69, 9.17) is 0 Å². The molecule has 2 nitrogen and oxygen atoms in total. The largest absolute Gasteiger partial charge is 0.314 e. The number of fused-ring (bicyclic) bond motifs is 7. The number of hydrogen-bond acceptors (Lipinski definition) is 2. The van der Waals surface area contributed by atoms with Crippen molar-refractivity contribution in [1.29, 1.82) is 0 Å². The van der Waals surface area contributed by atoms with Crippen molar-refractivity contribution in [2.45, 2.75) is 44.9 Å². The fraction of sp³-hybridized carbons (Fsp3) is 0.132. The molecule has 2 aliphatic heterocycles. The molecule has 0 saturated heterocycles. The predicted octanol–water partition coefficient (Wildman–Crippen LogP) is 14.0. The maximum Gasteiger partial charge on any atom is 0.0497 e. The Morgan fingerprint density at radius 3 is 1.80 bits per heavy atom. The molecule has 0 atom stereocenters. The molecule has 7 aromatic rings. The summed E-state index contributed by atoms with van der Waals surface area (Å²) in [4.78, 5) is 4.96. The Kier molecular flexibility index (Phi) is 7.19. The van der Waals surface area contributed by atoms with Crippen LogP contribution in [0.5, 0.6) is 0 Å². The zero-order chi connectivity index (χ0) is 36.7. The Hall–Kier alpha value is -6.38. The molecule has 55 heavy (non-hydrogen) atoms. The van der Waals surface area contributed by atoms with E-state index in [2.05, 4.69) is 194 Å². The number of nitrogens with zero attached hydrogens (tertiary/aromatic N) is 2. The van der Waals surface area contributed by atoms with E-state index in [1.54, 1.807) is 0 Å². The number of rotatable bonds is 4. The van der Waals surface area contributed by atoms with Gasteiger partial charge in [-0.15, -0.1) is 0 Å². The van der Waals surface area contributed by atoms with Crippen molar-refractivity contribution in [3.8, 4) is 11.1 Å². The highest BCUT2D eigenvalue weighted by Crippen LogP contribution is 2.52. The highest BCUT2D eigenvalue weighted by Gasteiger charge is 2.37. The first-order valence-corrected chi connectivity index (χ1v) is 19.7. The van der Waals surface area contributed by atoms with Gasteiger partial charge in [-0.1, -0.05) is 135 Å². The van der Waals surface area contributed by atoms with E-state index in [-0.39, 0.29) is 5.41 Å². The van der Waals surface area contributed by atoms with Crippen LogP contribution in [0, 0.1) is 0 Å². The molecule has 0 saturated carbocycles. The second-order valence-corrected chi connectivity index (χ2v) is 16.1. The summed E-state index contributed by atoms with van der Waals surface area (Å²) in [6.07, 6.45) is 13.4. The van der Waals surface area contributed by atoms with E-state index in [1.807, 2.05) is 0 Å². The molecule has 0 fully saturated rings. The fourth-order valence-electron chi connectivity index (χ4n) is 9.69. The first-order chi connectivity index (χ1) is 27.0. The molecule has 0 bridgehead atoms. The molecule has 2 aliphatic carbocycles. The van der Waals surface area contributed by atoms with Gasteiger partial charge in [-0.3, -0.25) is 0 Å². The number of benzene rings is 7. The summed E-state index contributed by atoms with van der Waals surface area (Å²) >= 11 is 0. The summed E-state index contributed by atoms with van der Waals surface area (Å²) in [5.74, 6) is 0. The zero-order valence-electron chi connectivity index (χ0n) is 31.4. The van der Waals surface area contributed by atoms with E-state index in [0.717, 1.165) is 25.7 Å². The van der Waals surface area contributed by atoms with Gasteiger partial charge in [0.1, 0.15) is 0 Å². The van der Waals surface area contributed by atoms with Crippen molar-refractivity contribution in [2.24, 2.45) is 0 Å². The average Bonchev–Trinajstić information content (AvgIpc) is 3.45. The van der Waals surface area contributed by atoms with Crippen LogP contribution in [0.3, 0.4) is 0 Å². The quantitative estimate of drug-likeness (QED) is 0.168. The number of allylic oxidation sites excluding steroid dienone is 4. The Balaban J connectivity index is 0.886. The third kappa shape index (κ3) is 5.16. The fourth-order valence-corrected chi connectivity index (χ4v) is 9.69. The molecule has 0 unspecified atom stereocenters. The molecule has 264 valence electrons. The highest BCUT2D eigenvalue weighted by molar-refractivity contribution is 5.93. The topological polar surface area (TPSA) is 6.48 Å². The van der Waals surface area contributed by atoms with Gasteiger partial charge in [0.25, 0.3) is 0 Å². The van der Waals surface area contributed by atoms with Crippen LogP contribution in [0.2, 0.25) is 0 Å². The van der Waals surface area contributed by atoms with Gasteiger partial charge in [-0.05, 0) is 128 Å². The van der Waals surface area contributed by atoms with Crippen molar-refractivity contribution < 1.29 is 0 Å². The van der Waals surface area contributed by atoms with Gasteiger partial charge in [0.2, 0.25) is 0 Å². The normalized spacial score (nSPS) is 16.1. The third-order valence-electron chi connectivity index (χ3n) is 12.5. The smallest absolute Gasteiger partial charge is 0.0497 e. The molecule has 0 N–H and O–H groups in total. The molecule has 4 aliphatic rings. The molecule has 0 aromatic heterocycles. The molecule has 2 heterocycles. The number of anilines is 5. The van der Waals surface area contributed by atoms with Crippen LogP contribution in [0.15, 0.2) is 169 Å². The van der Waals surface area contributed by atoms with Crippen LogP contribution < -0.4 is 9.80 Å². The van der Waals surface area contributed by atoms with E-state index >= 15 is 0 Å². The lowest BCUT2D eigenvalue weighted by molar-refractivity contribution is 0.660. The lowest BCUT2D eigenvalue weighted by Crippen LogP contribution is -2.25. The predicted molar refractivity (Wildman–Crippen MR) is 232 cm³/mol. The Labute approximate surface area is 324 Å². The van der Waals surface area contributed by atoms with Crippen LogP contribution in [-0.4, -0.2) is 0 Å². The maximum absolute atomic E-state index is 2.54. The van der Waals surface area contributed by atoms with Gasteiger partial charge in [-0.25, -0.2) is 0 Å². The molecular formula is C53H42N2. The summed E-state index contributed by atoms with van der Waals surface area (Å²) in [5, 5.41) is 2.49. The molecule has 0 radical (unpaired) electrons. The zero-order valence-corrected chi connectivity index (χ0v) is 31.4. The van der Waals surface area contributed by atoms with Crippen molar-refractivity contribution in [3.63, 3.8) is 0 Å². The van der Waals surface area contributed by atoms with Crippen molar-refractivity contribution >= 4 is 51.4 Å². The summed E-state index contributed by atoms with van der Waals surface area (Å²) in [7, 11) is 0. The summed E-state index contributed by atoms with van der Waals surface area (Å²) < 4.78 is 0. The molecule has 2 heteroatoms. The van der Waals surface area contributed by atoms with Crippen LogP contribution in [0.1, 0.15) is 65.6 Å². The van der Waals surface area contributed by atoms with Crippen molar-refractivity contribution in [1.82, 2.24) is 0 Å². The van der Waals surface area contributed by atoms with Crippen molar-refractivity contribution in [2.75, 3.05) is 9.80 Å².